The summed E-state index contributed by atoms with van der Waals surface area (Å²) in [6.07, 6.45) is 5.29. The highest BCUT2D eigenvalue weighted by atomic mass is 16.5. The first kappa shape index (κ1) is 12.9. The third-order valence-corrected chi connectivity index (χ3v) is 3.18. The number of piperidine rings is 1. The molecule has 0 aliphatic carbocycles. The van der Waals surface area contributed by atoms with Gasteiger partial charge in [-0.1, -0.05) is 6.42 Å². The highest BCUT2D eigenvalue weighted by molar-refractivity contribution is 5.47. The molecule has 1 fully saturated rings. The Morgan fingerprint density at radius 1 is 1.44 bits per heavy atom. The summed E-state index contributed by atoms with van der Waals surface area (Å²) in [7, 11) is 1.47. The van der Waals surface area contributed by atoms with Crippen LogP contribution in [0.3, 0.4) is 0 Å². The Morgan fingerprint density at radius 2 is 2.22 bits per heavy atom. The number of aromatic amines is 1. The molecule has 1 aliphatic heterocycles. The van der Waals surface area contributed by atoms with Gasteiger partial charge in [-0.3, -0.25) is 4.79 Å². The lowest BCUT2D eigenvalue weighted by atomic mass is 10.1. The Kier molecular flexibility index (Phi) is 4.58. The highest BCUT2D eigenvalue weighted by Gasteiger charge is 2.11. The summed E-state index contributed by atoms with van der Waals surface area (Å²) in [6, 6.07) is 0. The fourth-order valence-corrected chi connectivity index (χ4v) is 2.22. The van der Waals surface area contributed by atoms with Crippen molar-refractivity contribution in [1.82, 2.24) is 14.9 Å². The predicted octanol–water partition coefficient (Wildman–Crippen LogP) is 0.676. The van der Waals surface area contributed by atoms with Gasteiger partial charge in [0.15, 0.2) is 5.82 Å². The minimum absolute atomic E-state index is 0.246. The largest absolute Gasteiger partial charge is 0.489 e. The SMILES string of the molecule is COc1c(NCCN2CCCCC2)nc[nH]c1=O. The molecule has 1 aliphatic rings. The molecule has 0 unspecified atom stereocenters. The van der Waals surface area contributed by atoms with Crippen molar-refractivity contribution in [3.8, 4) is 5.75 Å². The number of H-pyrrole nitrogens is 1. The fraction of sp³-hybridized carbons (Fsp3) is 0.667. The van der Waals surface area contributed by atoms with Crippen LogP contribution in [0.4, 0.5) is 5.82 Å². The van der Waals surface area contributed by atoms with Gasteiger partial charge in [0.25, 0.3) is 5.56 Å². The molecular weight excluding hydrogens is 232 g/mol. The summed E-state index contributed by atoms with van der Waals surface area (Å²) in [5.74, 6) is 0.759. The molecule has 1 saturated heterocycles. The summed E-state index contributed by atoms with van der Waals surface area (Å²) < 4.78 is 5.04. The van der Waals surface area contributed by atoms with Gasteiger partial charge in [0, 0.05) is 13.1 Å². The van der Waals surface area contributed by atoms with Crippen LogP contribution in [-0.2, 0) is 0 Å². The van der Waals surface area contributed by atoms with E-state index in [1.54, 1.807) is 0 Å². The summed E-state index contributed by atoms with van der Waals surface area (Å²) >= 11 is 0. The predicted molar refractivity (Wildman–Crippen MR) is 70.2 cm³/mol. The fourth-order valence-electron chi connectivity index (χ4n) is 2.22. The molecular formula is C12H20N4O2. The van der Waals surface area contributed by atoms with E-state index in [1.807, 2.05) is 0 Å². The molecule has 6 heteroatoms. The smallest absolute Gasteiger partial charge is 0.295 e. The monoisotopic (exact) mass is 252 g/mol. The summed E-state index contributed by atoms with van der Waals surface area (Å²) in [6.45, 7) is 4.08. The van der Waals surface area contributed by atoms with Crippen LogP contribution in [0, 0.1) is 0 Å². The first-order valence-electron chi connectivity index (χ1n) is 6.39. The van der Waals surface area contributed by atoms with Crippen molar-refractivity contribution in [3.63, 3.8) is 0 Å². The lowest BCUT2D eigenvalue weighted by molar-refractivity contribution is 0.237. The van der Waals surface area contributed by atoms with E-state index in [1.165, 1.54) is 45.8 Å². The quantitative estimate of drug-likeness (QED) is 0.806. The van der Waals surface area contributed by atoms with E-state index >= 15 is 0 Å². The van der Waals surface area contributed by atoms with E-state index in [4.69, 9.17) is 4.74 Å². The maximum Gasteiger partial charge on any atom is 0.295 e. The first-order chi connectivity index (χ1) is 8.81. The number of nitrogens with one attached hydrogen (secondary N) is 2. The molecule has 6 nitrogen and oxygen atoms in total. The average Bonchev–Trinajstić information content (AvgIpc) is 2.40. The van der Waals surface area contributed by atoms with Gasteiger partial charge in [-0.05, 0) is 25.9 Å². The molecule has 18 heavy (non-hydrogen) atoms. The molecule has 1 aromatic heterocycles. The van der Waals surface area contributed by atoms with Gasteiger partial charge >= 0.3 is 0 Å². The zero-order valence-electron chi connectivity index (χ0n) is 10.7. The number of anilines is 1. The van der Waals surface area contributed by atoms with Crippen LogP contribution in [-0.4, -0.2) is 48.2 Å². The third kappa shape index (κ3) is 3.22. The Labute approximate surface area is 106 Å². The molecule has 2 rings (SSSR count). The second kappa shape index (κ2) is 6.39. The number of aromatic nitrogens is 2. The summed E-state index contributed by atoms with van der Waals surface area (Å²) in [5.41, 5.74) is -0.257. The molecule has 0 bridgehead atoms. The number of ether oxygens (including phenoxy) is 1. The Bertz CT molecular complexity index is 426. The van der Waals surface area contributed by atoms with E-state index < -0.39 is 0 Å². The van der Waals surface area contributed by atoms with E-state index in [0.29, 0.717) is 5.82 Å². The highest BCUT2D eigenvalue weighted by Crippen LogP contribution is 2.14. The van der Waals surface area contributed by atoms with Gasteiger partial charge in [0.1, 0.15) is 0 Å². The third-order valence-electron chi connectivity index (χ3n) is 3.18. The number of rotatable bonds is 5. The normalized spacial score (nSPS) is 16.5. The minimum atomic E-state index is -0.257. The Hall–Kier alpha value is -1.56. The molecule has 2 heterocycles. The number of methoxy groups -OCH3 is 1. The lowest BCUT2D eigenvalue weighted by Crippen LogP contribution is -2.34. The molecule has 0 spiro atoms. The molecule has 0 amide bonds. The number of hydrogen-bond acceptors (Lipinski definition) is 5. The van der Waals surface area contributed by atoms with Crippen molar-refractivity contribution in [2.24, 2.45) is 0 Å². The Balaban J connectivity index is 1.86. The van der Waals surface area contributed by atoms with Crippen molar-refractivity contribution in [2.45, 2.75) is 19.3 Å². The van der Waals surface area contributed by atoms with Gasteiger partial charge in [-0.2, -0.15) is 0 Å². The topological polar surface area (TPSA) is 70.2 Å². The van der Waals surface area contributed by atoms with Crippen molar-refractivity contribution >= 4 is 5.82 Å². The van der Waals surface area contributed by atoms with Gasteiger partial charge in [0.2, 0.25) is 5.75 Å². The number of likely N-dealkylation sites (tertiary alicyclic amines) is 1. The van der Waals surface area contributed by atoms with Gasteiger partial charge in [-0.25, -0.2) is 4.98 Å². The van der Waals surface area contributed by atoms with Crippen LogP contribution >= 0.6 is 0 Å². The molecule has 2 N–H and O–H groups in total. The van der Waals surface area contributed by atoms with Crippen LogP contribution < -0.4 is 15.6 Å². The van der Waals surface area contributed by atoms with E-state index in [-0.39, 0.29) is 11.3 Å². The van der Waals surface area contributed by atoms with E-state index in [9.17, 15) is 4.79 Å². The average molecular weight is 252 g/mol. The maximum atomic E-state index is 11.5. The first-order valence-corrected chi connectivity index (χ1v) is 6.39. The van der Waals surface area contributed by atoms with Crippen molar-refractivity contribution in [2.75, 3.05) is 38.6 Å². The second-order valence-corrected chi connectivity index (χ2v) is 4.44. The molecule has 1 aromatic rings. The van der Waals surface area contributed by atoms with Crippen LogP contribution in [0.2, 0.25) is 0 Å². The van der Waals surface area contributed by atoms with Crippen LogP contribution in [0.1, 0.15) is 19.3 Å². The molecule has 0 radical (unpaired) electrons. The van der Waals surface area contributed by atoms with Gasteiger partial charge < -0.3 is 19.9 Å². The number of nitrogens with zero attached hydrogens (tertiary/aromatic N) is 2. The van der Waals surface area contributed by atoms with E-state index in [2.05, 4.69) is 20.2 Å². The van der Waals surface area contributed by atoms with Crippen LogP contribution in [0.15, 0.2) is 11.1 Å². The zero-order chi connectivity index (χ0) is 12.8. The maximum absolute atomic E-state index is 11.5. The van der Waals surface area contributed by atoms with Crippen molar-refractivity contribution in [3.05, 3.63) is 16.7 Å². The lowest BCUT2D eigenvalue weighted by Gasteiger charge is -2.26. The van der Waals surface area contributed by atoms with Crippen molar-refractivity contribution < 1.29 is 4.74 Å². The van der Waals surface area contributed by atoms with Crippen LogP contribution in [0.5, 0.6) is 5.75 Å². The minimum Gasteiger partial charge on any atom is -0.489 e. The molecule has 0 aromatic carbocycles. The zero-order valence-corrected chi connectivity index (χ0v) is 10.7. The van der Waals surface area contributed by atoms with Crippen molar-refractivity contribution in [1.29, 1.82) is 0 Å². The van der Waals surface area contributed by atoms with E-state index in [0.717, 1.165) is 13.1 Å². The van der Waals surface area contributed by atoms with Crippen LogP contribution in [0.25, 0.3) is 0 Å². The molecule has 0 saturated carbocycles. The summed E-state index contributed by atoms with van der Waals surface area (Å²) in [5, 5.41) is 3.15. The molecule has 0 atom stereocenters. The van der Waals surface area contributed by atoms with Gasteiger partial charge in [-0.15, -0.1) is 0 Å². The number of hydrogen-bond donors (Lipinski definition) is 2. The standard InChI is InChI=1S/C12H20N4O2/c1-18-10-11(14-9-15-12(10)17)13-5-8-16-6-3-2-4-7-16/h9H,2-8H2,1H3,(H2,13,14,15,17). The van der Waals surface area contributed by atoms with Gasteiger partial charge in [0.05, 0.1) is 13.4 Å². The summed E-state index contributed by atoms with van der Waals surface area (Å²) in [4.78, 5) is 20.5. The Morgan fingerprint density at radius 3 is 2.94 bits per heavy atom. The second-order valence-electron chi connectivity index (χ2n) is 4.44. The molecule has 100 valence electrons.